The fourth-order valence-electron chi connectivity index (χ4n) is 4.80. The van der Waals surface area contributed by atoms with Gasteiger partial charge >= 0.3 is 0 Å². The normalized spacial score (nSPS) is 15.1. The lowest BCUT2D eigenvalue weighted by molar-refractivity contribution is 0.429. The van der Waals surface area contributed by atoms with E-state index in [9.17, 15) is 0 Å². The molecule has 1 aliphatic carbocycles. The number of fused-ring (bicyclic) bond motifs is 1. The summed E-state index contributed by atoms with van der Waals surface area (Å²) in [7, 11) is 2.01. The van der Waals surface area contributed by atoms with E-state index < -0.39 is 0 Å². The molecule has 6 heteroatoms. The summed E-state index contributed by atoms with van der Waals surface area (Å²) in [6.07, 6.45) is 5.32. The van der Waals surface area contributed by atoms with Crippen LogP contribution in [0, 0.1) is 25.7 Å². The third-order valence-corrected chi connectivity index (χ3v) is 7.62. The Labute approximate surface area is 251 Å². The van der Waals surface area contributed by atoms with E-state index in [4.69, 9.17) is 15.8 Å². The minimum Gasteiger partial charge on any atom is -0.355 e. The second kappa shape index (κ2) is 17.8. The van der Waals surface area contributed by atoms with E-state index in [1.54, 1.807) is 0 Å². The van der Waals surface area contributed by atoms with Gasteiger partial charge in [0.15, 0.2) is 5.82 Å². The molecular weight excluding hydrogens is 504 g/mol. The summed E-state index contributed by atoms with van der Waals surface area (Å²) in [5, 5.41) is 9.48. The van der Waals surface area contributed by atoms with Gasteiger partial charge in [0.05, 0.1) is 5.52 Å². The highest BCUT2D eigenvalue weighted by atomic mass is 15.3. The van der Waals surface area contributed by atoms with Crippen LogP contribution in [0.5, 0.6) is 0 Å². The van der Waals surface area contributed by atoms with Crippen LogP contribution in [0.1, 0.15) is 105 Å². The van der Waals surface area contributed by atoms with E-state index >= 15 is 0 Å². The first-order valence-electron chi connectivity index (χ1n) is 16.0. The molecule has 2 fully saturated rings. The maximum Gasteiger partial charge on any atom is 0.158 e. The number of nitrogens with zero attached hydrogens (tertiary/aromatic N) is 4. The van der Waals surface area contributed by atoms with E-state index in [1.807, 2.05) is 67.1 Å². The van der Waals surface area contributed by atoms with Crippen molar-refractivity contribution in [3.05, 3.63) is 47.7 Å². The van der Waals surface area contributed by atoms with Gasteiger partial charge in [-0.25, -0.2) is 4.98 Å². The maximum absolute atomic E-state index is 5.68. The summed E-state index contributed by atoms with van der Waals surface area (Å²) in [6, 6.07) is 8.98. The van der Waals surface area contributed by atoms with Gasteiger partial charge in [0.2, 0.25) is 0 Å². The molecular formula is C35H60N6. The first-order valence-corrected chi connectivity index (χ1v) is 16.0. The average molecular weight is 565 g/mol. The lowest BCUT2D eigenvalue weighted by atomic mass is 9.99. The molecule has 41 heavy (non-hydrogen) atoms. The zero-order valence-corrected chi connectivity index (χ0v) is 28.4. The summed E-state index contributed by atoms with van der Waals surface area (Å²) in [6.45, 7) is 28.8. The molecule has 3 heterocycles. The molecule has 6 nitrogen and oxygen atoms in total. The molecule has 2 aliphatic rings. The van der Waals surface area contributed by atoms with Crippen LogP contribution in [-0.4, -0.2) is 33.9 Å². The van der Waals surface area contributed by atoms with Gasteiger partial charge in [-0.2, -0.15) is 5.10 Å². The number of aryl methyl sites for hydroxylation is 3. The number of pyridine rings is 1. The Morgan fingerprint density at radius 1 is 1.00 bits per heavy atom. The predicted octanol–water partition coefficient (Wildman–Crippen LogP) is 9.42. The fraction of sp³-hybridized carbons (Fsp3) is 0.600. The third-order valence-electron chi connectivity index (χ3n) is 7.62. The van der Waals surface area contributed by atoms with Crippen molar-refractivity contribution in [1.29, 1.82) is 0 Å². The number of allylic oxidation sites excluding steroid dienone is 1. The highest BCUT2D eigenvalue weighted by molar-refractivity contribution is 5.94. The summed E-state index contributed by atoms with van der Waals surface area (Å²) in [4.78, 5) is 7.16. The molecule has 1 aliphatic heterocycles. The van der Waals surface area contributed by atoms with Crippen LogP contribution in [0.2, 0.25) is 0 Å². The van der Waals surface area contributed by atoms with Crippen LogP contribution in [0.15, 0.2) is 30.8 Å². The summed E-state index contributed by atoms with van der Waals surface area (Å²) in [5.74, 6) is 3.67. The van der Waals surface area contributed by atoms with Crippen molar-refractivity contribution in [2.45, 2.75) is 108 Å². The molecule has 1 aromatic carbocycles. The Morgan fingerprint density at radius 2 is 1.59 bits per heavy atom. The first-order chi connectivity index (χ1) is 19.7. The molecule has 3 aromatic rings. The Kier molecular flexibility index (Phi) is 15.7. The molecule has 2 unspecified atom stereocenters. The molecule has 0 amide bonds. The van der Waals surface area contributed by atoms with Crippen LogP contribution < -0.4 is 16.0 Å². The first kappa shape index (κ1) is 36.2. The van der Waals surface area contributed by atoms with Gasteiger partial charge in [0.1, 0.15) is 5.82 Å². The molecule has 2 aromatic heterocycles. The number of nitrogens with one attached hydrogen (secondary N) is 1. The van der Waals surface area contributed by atoms with Gasteiger partial charge < -0.3 is 16.0 Å². The van der Waals surface area contributed by atoms with E-state index in [1.165, 1.54) is 36.6 Å². The number of aromatic nitrogens is 3. The standard InChI is InChI=1S/C22H27N5.C7H15N.3C2H6/c1-14(2)18-12-15(3)16(4)23-21(18)24-17-8-9-20-19(13-17)22(25-26(20)5)27-10-6-7-11-27;1-5(6(2)8)7-3-4-7;3*1-2/h8-9,12-13H,1,6-7,10-11H2,2-5H3,(H,23,24);5-7H,3-4,8H2,1-2H3;3*1-2H3. The molecule has 0 radical (unpaired) electrons. The Morgan fingerprint density at radius 3 is 2.07 bits per heavy atom. The van der Waals surface area contributed by atoms with Crippen molar-refractivity contribution in [3.63, 3.8) is 0 Å². The lowest BCUT2D eigenvalue weighted by Crippen LogP contribution is -2.25. The minimum atomic E-state index is 0.405. The molecule has 1 saturated heterocycles. The van der Waals surface area contributed by atoms with Crippen molar-refractivity contribution in [2.24, 2.45) is 24.6 Å². The fourth-order valence-corrected chi connectivity index (χ4v) is 4.80. The predicted molar refractivity (Wildman–Crippen MR) is 183 cm³/mol. The monoisotopic (exact) mass is 564 g/mol. The van der Waals surface area contributed by atoms with Crippen LogP contribution >= 0.6 is 0 Å². The number of hydrogen-bond acceptors (Lipinski definition) is 5. The van der Waals surface area contributed by atoms with Gasteiger partial charge in [0.25, 0.3) is 0 Å². The second-order valence-electron chi connectivity index (χ2n) is 10.6. The Balaban J connectivity index is 0.000000505. The molecule has 0 spiro atoms. The minimum absolute atomic E-state index is 0.405. The highest BCUT2D eigenvalue weighted by Gasteiger charge is 2.29. The SMILES string of the molecule is C=C(C)c1cc(C)c(C)nc1Nc1ccc2c(c1)c(N1CCCC1)nn2C.CC.CC.CC.CC(N)C(C)C1CC1. The highest BCUT2D eigenvalue weighted by Crippen LogP contribution is 2.37. The number of nitrogens with two attached hydrogens (primary N) is 1. The Hall–Kier alpha value is -2.86. The smallest absolute Gasteiger partial charge is 0.158 e. The quantitative estimate of drug-likeness (QED) is 0.312. The number of anilines is 3. The molecule has 0 bridgehead atoms. The molecule has 1 saturated carbocycles. The molecule has 230 valence electrons. The van der Waals surface area contributed by atoms with Gasteiger partial charge in [-0.3, -0.25) is 4.68 Å². The Bertz CT molecular complexity index is 1200. The van der Waals surface area contributed by atoms with Crippen molar-refractivity contribution in [1.82, 2.24) is 14.8 Å². The van der Waals surface area contributed by atoms with Crippen LogP contribution in [-0.2, 0) is 7.05 Å². The third kappa shape index (κ3) is 9.88. The maximum atomic E-state index is 5.68. The number of rotatable bonds is 6. The van der Waals surface area contributed by atoms with Crippen molar-refractivity contribution >= 4 is 33.8 Å². The zero-order valence-electron chi connectivity index (χ0n) is 28.4. The van der Waals surface area contributed by atoms with Gasteiger partial charge in [0, 0.05) is 48.5 Å². The van der Waals surface area contributed by atoms with Crippen molar-refractivity contribution < 1.29 is 0 Å². The van der Waals surface area contributed by atoms with Crippen molar-refractivity contribution in [2.75, 3.05) is 23.3 Å². The summed E-state index contributed by atoms with van der Waals surface area (Å²) >= 11 is 0. The van der Waals surface area contributed by atoms with Crippen LogP contribution in [0.4, 0.5) is 17.3 Å². The van der Waals surface area contributed by atoms with Crippen molar-refractivity contribution in [3.8, 4) is 0 Å². The zero-order chi connectivity index (χ0) is 31.3. The van der Waals surface area contributed by atoms with E-state index in [-0.39, 0.29) is 0 Å². The number of benzene rings is 1. The molecule has 2 atom stereocenters. The average Bonchev–Trinajstić information content (AvgIpc) is 3.59. The van der Waals surface area contributed by atoms with E-state index in [0.717, 1.165) is 64.6 Å². The molecule has 5 rings (SSSR count). The number of hydrogen-bond donors (Lipinski definition) is 2. The summed E-state index contributed by atoms with van der Waals surface area (Å²) in [5.41, 5.74) is 12.1. The van der Waals surface area contributed by atoms with Crippen LogP contribution in [0.25, 0.3) is 16.5 Å². The van der Waals surface area contributed by atoms with E-state index in [0.29, 0.717) is 6.04 Å². The second-order valence-corrected chi connectivity index (χ2v) is 10.6. The largest absolute Gasteiger partial charge is 0.355 e. The van der Waals surface area contributed by atoms with Gasteiger partial charge in [-0.1, -0.05) is 55.0 Å². The topological polar surface area (TPSA) is 72.0 Å². The molecule has 3 N–H and O–H groups in total. The van der Waals surface area contributed by atoms with Crippen LogP contribution in [0.3, 0.4) is 0 Å². The van der Waals surface area contributed by atoms with Gasteiger partial charge in [-0.15, -0.1) is 0 Å². The van der Waals surface area contributed by atoms with E-state index in [2.05, 4.69) is 61.8 Å². The van der Waals surface area contributed by atoms with Gasteiger partial charge in [-0.05, 0) is 101 Å². The lowest BCUT2D eigenvalue weighted by Gasteiger charge is -2.16. The summed E-state index contributed by atoms with van der Waals surface area (Å²) < 4.78 is 1.97.